The third kappa shape index (κ3) is 4.69. The molecule has 0 spiro atoms. The highest BCUT2D eigenvalue weighted by Crippen LogP contribution is 2.31. The summed E-state index contributed by atoms with van der Waals surface area (Å²) in [6, 6.07) is 3.31. The Morgan fingerprint density at radius 1 is 1.26 bits per heavy atom. The molecule has 1 atom stereocenters. The van der Waals surface area contributed by atoms with Gasteiger partial charge in [0.1, 0.15) is 11.4 Å². The maximum Gasteiger partial charge on any atom is 0.269 e. The van der Waals surface area contributed by atoms with Crippen LogP contribution in [0.25, 0.3) is 0 Å². The van der Waals surface area contributed by atoms with E-state index >= 15 is 0 Å². The lowest BCUT2D eigenvalue weighted by molar-refractivity contribution is 0.0957. The molecule has 0 bridgehead atoms. The van der Waals surface area contributed by atoms with Gasteiger partial charge in [-0.15, -0.1) is 0 Å². The minimum atomic E-state index is -0.536. The van der Waals surface area contributed by atoms with E-state index in [1.165, 1.54) is 7.05 Å². The summed E-state index contributed by atoms with van der Waals surface area (Å²) in [6.45, 7) is 4.76. The van der Waals surface area contributed by atoms with Crippen LogP contribution in [0.2, 0.25) is 0 Å². The molecule has 2 aromatic rings. The molecule has 1 amide bonds. The Balaban J connectivity index is 1.33. The smallest absolute Gasteiger partial charge is 0.269 e. The van der Waals surface area contributed by atoms with E-state index in [4.69, 9.17) is 0 Å². The highest BCUT2D eigenvalue weighted by atomic mass is 19.1. The summed E-state index contributed by atoms with van der Waals surface area (Å²) in [4.78, 5) is 37.7. The highest BCUT2D eigenvalue weighted by Gasteiger charge is 2.28. The van der Waals surface area contributed by atoms with Crippen LogP contribution in [0.3, 0.4) is 0 Å². The molecule has 4 rings (SSSR count). The Kier molecular flexibility index (Phi) is 6.46. The topological polar surface area (TPSA) is 91.0 Å². The van der Waals surface area contributed by atoms with E-state index in [1.54, 1.807) is 12.1 Å². The number of aromatic amines is 1. The van der Waals surface area contributed by atoms with Gasteiger partial charge in [-0.2, -0.15) is 4.39 Å². The molecule has 8 heteroatoms. The first-order valence-corrected chi connectivity index (χ1v) is 11.2. The minimum absolute atomic E-state index is 0.0548. The molecule has 0 saturated carbocycles. The number of likely N-dealkylation sites (tertiary alicyclic amines) is 1. The summed E-state index contributed by atoms with van der Waals surface area (Å²) in [5.41, 5.74) is 3.34. The highest BCUT2D eigenvalue weighted by molar-refractivity contribution is 5.91. The number of hydrogen-bond acceptors (Lipinski definition) is 5. The predicted octanol–water partition coefficient (Wildman–Crippen LogP) is 2.21. The predicted molar refractivity (Wildman–Crippen MR) is 116 cm³/mol. The quantitative estimate of drug-likeness (QED) is 0.714. The van der Waals surface area contributed by atoms with Crippen molar-refractivity contribution in [1.29, 1.82) is 0 Å². The van der Waals surface area contributed by atoms with Crippen LogP contribution in [0, 0.1) is 11.9 Å². The van der Waals surface area contributed by atoms with Crippen LogP contribution in [0.4, 0.5) is 4.39 Å². The first kappa shape index (κ1) is 21.6. The Bertz CT molecular complexity index is 1010. The van der Waals surface area contributed by atoms with Crippen LogP contribution in [0.1, 0.15) is 65.2 Å². The van der Waals surface area contributed by atoms with Gasteiger partial charge in [0.15, 0.2) is 0 Å². The van der Waals surface area contributed by atoms with Crippen LogP contribution in [0.15, 0.2) is 16.9 Å². The molecular weight excluding hydrogens is 397 g/mol. The van der Waals surface area contributed by atoms with Crippen LogP contribution in [-0.2, 0) is 19.3 Å². The van der Waals surface area contributed by atoms with Crippen molar-refractivity contribution in [1.82, 2.24) is 25.2 Å². The van der Waals surface area contributed by atoms with Crippen molar-refractivity contribution in [3.63, 3.8) is 0 Å². The average molecular weight is 428 g/mol. The summed E-state index contributed by atoms with van der Waals surface area (Å²) < 4.78 is 14.5. The molecule has 0 radical (unpaired) electrons. The van der Waals surface area contributed by atoms with Crippen LogP contribution >= 0.6 is 0 Å². The molecule has 166 valence electrons. The van der Waals surface area contributed by atoms with Crippen molar-refractivity contribution in [2.45, 2.75) is 51.4 Å². The zero-order valence-corrected chi connectivity index (χ0v) is 18.2. The van der Waals surface area contributed by atoms with E-state index < -0.39 is 5.95 Å². The number of piperidine rings is 1. The third-order valence-corrected chi connectivity index (χ3v) is 6.64. The Morgan fingerprint density at radius 3 is 2.71 bits per heavy atom. The van der Waals surface area contributed by atoms with Crippen molar-refractivity contribution in [2.24, 2.45) is 5.92 Å². The molecule has 0 unspecified atom stereocenters. The Labute approximate surface area is 181 Å². The third-order valence-electron chi connectivity index (χ3n) is 6.64. The SMILES string of the molecule is CCc1nc2c([nH]c1=O)C[C@@H](CN1CCC(c3ccc(C(=O)NC)nc3F)CC1)CC2. The average Bonchev–Trinajstić information content (AvgIpc) is 2.78. The van der Waals surface area contributed by atoms with Gasteiger partial charge in [0.05, 0.1) is 5.69 Å². The van der Waals surface area contributed by atoms with Gasteiger partial charge in [-0.1, -0.05) is 13.0 Å². The number of hydrogen-bond donors (Lipinski definition) is 2. The largest absolute Gasteiger partial charge is 0.354 e. The standard InChI is InChI=1S/C23H30FN5O2/c1-3-17-23(31)28-20-12-14(4-6-18(20)26-17)13-29-10-8-15(9-11-29)16-5-7-19(22(30)25-2)27-21(16)24/h5,7,14-15H,3-4,6,8-13H2,1-2H3,(H,25,30)(H,28,31)/t14-/m0/s1. The molecule has 2 aliphatic rings. The molecule has 31 heavy (non-hydrogen) atoms. The fourth-order valence-corrected chi connectivity index (χ4v) is 4.86. The number of H-pyrrole nitrogens is 1. The van der Waals surface area contributed by atoms with Gasteiger partial charge < -0.3 is 15.2 Å². The molecule has 0 aromatic carbocycles. The van der Waals surface area contributed by atoms with Crippen molar-refractivity contribution in [3.05, 3.63) is 56.8 Å². The van der Waals surface area contributed by atoms with Crippen molar-refractivity contribution < 1.29 is 9.18 Å². The van der Waals surface area contributed by atoms with Gasteiger partial charge in [-0.3, -0.25) is 14.6 Å². The molecule has 3 heterocycles. The number of nitrogens with one attached hydrogen (secondary N) is 2. The molecule has 1 aliphatic carbocycles. The van der Waals surface area contributed by atoms with Gasteiger partial charge in [-0.25, -0.2) is 4.98 Å². The van der Waals surface area contributed by atoms with E-state index in [9.17, 15) is 14.0 Å². The van der Waals surface area contributed by atoms with E-state index in [0.717, 1.165) is 63.1 Å². The van der Waals surface area contributed by atoms with Crippen LogP contribution in [0.5, 0.6) is 0 Å². The number of pyridine rings is 1. The summed E-state index contributed by atoms with van der Waals surface area (Å²) in [5.74, 6) is -0.287. The fourth-order valence-electron chi connectivity index (χ4n) is 4.86. The number of nitrogens with zero attached hydrogens (tertiary/aromatic N) is 3. The van der Waals surface area contributed by atoms with E-state index in [2.05, 4.69) is 25.2 Å². The summed E-state index contributed by atoms with van der Waals surface area (Å²) in [5, 5.41) is 2.47. The summed E-state index contributed by atoms with van der Waals surface area (Å²) in [7, 11) is 1.51. The zero-order chi connectivity index (χ0) is 22.0. The fraction of sp³-hybridized carbons (Fsp3) is 0.565. The summed E-state index contributed by atoms with van der Waals surface area (Å²) in [6.07, 6.45) is 5.26. The molecule has 1 saturated heterocycles. The molecular formula is C23H30FN5O2. The number of halogens is 1. The van der Waals surface area contributed by atoms with Gasteiger partial charge in [-0.05, 0) is 69.5 Å². The lowest BCUT2D eigenvalue weighted by atomic mass is 9.86. The van der Waals surface area contributed by atoms with Crippen LogP contribution < -0.4 is 10.9 Å². The second kappa shape index (κ2) is 9.26. The summed E-state index contributed by atoms with van der Waals surface area (Å²) >= 11 is 0. The van der Waals surface area contributed by atoms with Gasteiger partial charge >= 0.3 is 0 Å². The van der Waals surface area contributed by atoms with Gasteiger partial charge in [0.2, 0.25) is 5.95 Å². The van der Waals surface area contributed by atoms with Crippen molar-refractivity contribution in [2.75, 3.05) is 26.7 Å². The van der Waals surface area contributed by atoms with Crippen molar-refractivity contribution >= 4 is 5.91 Å². The lowest BCUT2D eigenvalue weighted by Crippen LogP contribution is -2.38. The maximum absolute atomic E-state index is 14.5. The van der Waals surface area contributed by atoms with Crippen molar-refractivity contribution in [3.8, 4) is 0 Å². The number of aryl methyl sites for hydroxylation is 2. The van der Waals surface area contributed by atoms with Gasteiger partial charge in [0.25, 0.3) is 11.5 Å². The lowest BCUT2D eigenvalue weighted by Gasteiger charge is -2.35. The van der Waals surface area contributed by atoms with E-state index in [1.807, 2.05) is 6.92 Å². The maximum atomic E-state index is 14.5. The molecule has 1 aliphatic heterocycles. The molecule has 2 N–H and O–H groups in total. The Morgan fingerprint density at radius 2 is 2.03 bits per heavy atom. The zero-order valence-electron chi connectivity index (χ0n) is 18.2. The monoisotopic (exact) mass is 427 g/mol. The number of carbonyl (C=O) groups excluding carboxylic acids is 1. The number of fused-ring (bicyclic) bond motifs is 1. The molecule has 1 fully saturated rings. The number of aromatic nitrogens is 3. The second-order valence-electron chi connectivity index (χ2n) is 8.63. The first-order valence-electron chi connectivity index (χ1n) is 11.2. The normalized spacial score (nSPS) is 19.8. The van der Waals surface area contributed by atoms with Gasteiger partial charge in [0, 0.05) is 24.8 Å². The second-order valence-corrected chi connectivity index (χ2v) is 8.63. The number of rotatable bonds is 5. The molecule has 2 aromatic heterocycles. The number of amides is 1. The first-order chi connectivity index (χ1) is 15.0. The minimum Gasteiger partial charge on any atom is -0.354 e. The van der Waals surface area contributed by atoms with E-state index in [-0.39, 0.29) is 23.1 Å². The van der Waals surface area contributed by atoms with Crippen LogP contribution in [-0.4, -0.2) is 52.4 Å². The number of carbonyl (C=O) groups is 1. The molecule has 7 nitrogen and oxygen atoms in total. The van der Waals surface area contributed by atoms with E-state index in [0.29, 0.717) is 23.6 Å². The Hall–Kier alpha value is -2.61.